The van der Waals surface area contributed by atoms with Gasteiger partial charge < -0.3 is 0 Å². The standard InChI is InChI=1S/C19H23N3O4S/c1-15-7-8-18(13-19(15)22(23)24)27(25,26)20-10-4-11-21-12-9-16-5-2-3-6-17(16)14-21/h2-3,5-8,13,20H,4,9-12,14H2,1H3. The lowest BCUT2D eigenvalue weighted by Crippen LogP contribution is -2.33. The molecule has 0 saturated carbocycles. The van der Waals surface area contributed by atoms with E-state index in [-0.39, 0.29) is 10.6 Å². The van der Waals surface area contributed by atoms with Gasteiger partial charge in [-0.15, -0.1) is 0 Å². The third-order valence-corrected chi connectivity index (χ3v) is 6.30. The van der Waals surface area contributed by atoms with E-state index < -0.39 is 14.9 Å². The van der Waals surface area contributed by atoms with Crippen LogP contribution in [0.1, 0.15) is 23.1 Å². The SMILES string of the molecule is Cc1ccc(S(=O)(=O)NCCCN2CCc3ccccc3C2)cc1[N+](=O)[O-]. The smallest absolute Gasteiger partial charge is 0.273 e. The molecule has 0 saturated heterocycles. The van der Waals surface area contributed by atoms with Crippen LogP contribution in [0.25, 0.3) is 0 Å². The minimum Gasteiger partial charge on any atom is -0.299 e. The fourth-order valence-corrected chi connectivity index (χ4v) is 4.38. The van der Waals surface area contributed by atoms with E-state index in [0.29, 0.717) is 18.5 Å². The van der Waals surface area contributed by atoms with E-state index in [4.69, 9.17) is 0 Å². The molecule has 8 heteroatoms. The predicted octanol–water partition coefficient (Wildman–Crippen LogP) is 2.63. The van der Waals surface area contributed by atoms with Crippen molar-refractivity contribution in [3.8, 4) is 0 Å². The molecule has 144 valence electrons. The van der Waals surface area contributed by atoms with Crippen LogP contribution < -0.4 is 4.72 Å². The zero-order valence-corrected chi connectivity index (χ0v) is 16.0. The fraction of sp³-hybridized carbons (Fsp3) is 0.368. The number of benzene rings is 2. The summed E-state index contributed by atoms with van der Waals surface area (Å²) < 4.78 is 27.3. The second-order valence-electron chi connectivity index (χ2n) is 6.75. The molecule has 2 aromatic rings. The third-order valence-electron chi connectivity index (χ3n) is 4.84. The highest BCUT2D eigenvalue weighted by Gasteiger charge is 2.20. The summed E-state index contributed by atoms with van der Waals surface area (Å²) in [5, 5.41) is 11.0. The van der Waals surface area contributed by atoms with Crippen LogP contribution in [-0.4, -0.2) is 37.9 Å². The highest BCUT2D eigenvalue weighted by Crippen LogP contribution is 2.22. The van der Waals surface area contributed by atoms with E-state index in [1.807, 2.05) is 6.07 Å². The molecule has 1 aliphatic heterocycles. The van der Waals surface area contributed by atoms with Crippen LogP contribution >= 0.6 is 0 Å². The Kier molecular flexibility index (Phi) is 5.88. The Morgan fingerprint density at radius 1 is 1.19 bits per heavy atom. The predicted molar refractivity (Wildman–Crippen MR) is 103 cm³/mol. The maximum absolute atomic E-state index is 12.4. The second-order valence-corrected chi connectivity index (χ2v) is 8.52. The molecule has 1 aliphatic rings. The van der Waals surface area contributed by atoms with E-state index in [9.17, 15) is 18.5 Å². The summed E-state index contributed by atoms with van der Waals surface area (Å²) in [4.78, 5) is 12.7. The lowest BCUT2D eigenvalue weighted by molar-refractivity contribution is -0.385. The maximum Gasteiger partial charge on any atom is 0.273 e. The first-order valence-corrected chi connectivity index (χ1v) is 10.4. The topological polar surface area (TPSA) is 92.6 Å². The first kappa shape index (κ1) is 19.5. The zero-order valence-electron chi connectivity index (χ0n) is 15.2. The molecule has 0 aromatic heterocycles. The molecule has 27 heavy (non-hydrogen) atoms. The van der Waals surface area contributed by atoms with Crippen molar-refractivity contribution in [2.24, 2.45) is 0 Å². The maximum atomic E-state index is 12.4. The Balaban J connectivity index is 1.53. The summed E-state index contributed by atoms with van der Waals surface area (Å²) in [5.41, 5.74) is 2.96. The van der Waals surface area contributed by atoms with E-state index in [1.165, 1.54) is 23.3 Å². The van der Waals surface area contributed by atoms with Crippen molar-refractivity contribution in [3.05, 3.63) is 69.3 Å². The first-order chi connectivity index (χ1) is 12.9. The molecule has 2 aromatic carbocycles. The molecule has 0 radical (unpaired) electrons. The molecule has 0 aliphatic carbocycles. The Morgan fingerprint density at radius 2 is 1.93 bits per heavy atom. The summed E-state index contributed by atoms with van der Waals surface area (Å²) >= 11 is 0. The van der Waals surface area contributed by atoms with Crippen LogP contribution in [0.5, 0.6) is 0 Å². The number of fused-ring (bicyclic) bond motifs is 1. The fourth-order valence-electron chi connectivity index (χ4n) is 3.29. The summed E-state index contributed by atoms with van der Waals surface area (Å²) in [6.45, 7) is 4.52. The van der Waals surface area contributed by atoms with E-state index in [2.05, 4.69) is 27.8 Å². The molecule has 1 N–H and O–H groups in total. The molecule has 3 rings (SSSR count). The van der Waals surface area contributed by atoms with Gasteiger partial charge in [0.25, 0.3) is 5.69 Å². The van der Waals surface area contributed by atoms with Crippen LogP contribution in [0.3, 0.4) is 0 Å². The van der Waals surface area contributed by atoms with E-state index in [1.54, 1.807) is 6.92 Å². The van der Waals surface area contributed by atoms with Crippen LogP contribution in [0, 0.1) is 17.0 Å². The van der Waals surface area contributed by atoms with Gasteiger partial charge in [0.05, 0.1) is 9.82 Å². The zero-order chi connectivity index (χ0) is 19.4. The molecular formula is C19H23N3O4S. The Morgan fingerprint density at radius 3 is 2.67 bits per heavy atom. The van der Waals surface area contributed by atoms with Crippen molar-refractivity contribution < 1.29 is 13.3 Å². The van der Waals surface area contributed by atoms with Crippen molar-refractivity contribution in [1.29, 1.82) is 0 Å². The van der Waals surface area contributed by atoms with Gasteiger partial charge in [0, 0.05) is 31.3 Å². The second kappa shape index (κ2) is 8.16. The summed E-state index contributed by atoms with van der Waals surface area (Å²) in [7, 11) is -3.76. The van der Waals surface area contributed by atoms with Crippen molar-refractivity contribution in [2.75, 3.05) is 19.6 Å². The monoisotopic (exact) mass is 389 g/mol. The van der Waals surface area contributed by atoms with Crippen molar-refractivity contribution in [3.63, 3.8) is 0 Å². The van der Waals surface area contributed by atoms with Crippen molar-refractivity contribution in [1.82, 2.24) is 9.62 Å². The normalized spacial score (nSPS) is 14.7. The summed E-state index contributed by atoms with van der Waals surface area (Å²) in [5.74, 6) is 0. The van der Waals surface area contributed by atoms with Gasteiger partial charge in [-0.1, -0.05) is 30.3 Å². The van der Waals surface area contributed by atoms with Crippen LogP contribution in [0.2, 0.25) is 0 Å². The molecular weight excluding hydrogens is 366 g/mol. The number of sulfonamides is 1. The average Bonchev–Trinajstić information content (AvgIpc) is 2.65. The van der Waals surface area contributed by atoms with E-state index in [0.717, 1.165) is 32.1 Å². The number of nitro groups is 1. The minimum absolute atomic E-state index is 0.0771. The number of nitro benzene ring substituents is 1. The van der Waals surface area contributed by atoms with Gasteiger partial charge in [-0.2, -0.15) is 0 Å². The van der Waals surface area contributed by atoms with Gasteiger partial charge in [-0.05, 0) is 43.5 Å². The molecule has 0 atom stereocenters. The highest BCUT2D eigenvalue weighted by atomic mass is 32.2. The number of hydrogen-bond acceptors (Lipinski definition) is 5. The highest BCUT2D eigenvalue weighted by molar-refractivity contribution is 7.89. The lowest BCUT2D eigenvalue weighted by Gasteiger charge is -2.28. The van der Waals surface area contributed by atoms with Gasteiger partial charge in [-0.25, -0.2) is 13.1 Å². The minimum atomic E-state index is -3.76. The lowest BCUT2D eigenvalue weighted by atomic mass is 10.00. The molecule has 0 spiro atoms. The van der Waals surface area contributed by atoms with Gasteiger partial charge >= 0.3 is 0 Å². The first-order valence-electron chi connectivity index (χ1n) is 8.91. The summed E-state index contributed by atoms with van der Waals surface area (Å²) in [6, 6.07) is 12.3. The average molecular weight is 389 g/mol. The van der Waals surface area contributed by atoms with Crippen LogP contribution in [0.4, 0.5) is 5.69 Å². The summed E-state index contributed by atoms with van der Waals surface area (Å²) in [6.07, 6.45) is 1.68. The largest absolute Gasteiger partial charge is 0.299 e. The molecule has 0 unspecified atom stereocenters. The third kappa shape index (κ3) is 4.71. The van der Waals surface area contributed by atoms with Gasteiger partial charge in [0.1, 0.15) is 0 Å². The Labute approximate surface area is 159 Å². The Bertz CT molecular complexity index is 944. The quantitative estimate of drug-likeness (QED) is 0.446. The van der Waals surface area contributed by atoms with E-state index >= 15 is 0 Å². The number of rotatable bonds is 7. The molecule has 7 nitrogen and oxygen atoms in total. The molecule has 1 heterocycles. The number of hydrogen-bond donors (Lipinski definition) is 1. The van der Waals surface area contributed by atoms with Crippen LogP contribution in [0.15, 0.2) is 47.4 Å². The van der Waals surface area contributed by atoms with Gasteiger partial charge in [0.2, 0.25) is 10.0 Å². The van der Waals surface area contributed by atoms with Crippen LogP contribution in [-0.2, 0) is 23.0 Å². The van der Waals surface area contributed by atoms with Crippen molar-refractivity contribution >= 4 is 15.7 Å². The number of nitrogens with zero attached hydrogens (tertiary/aromatic N) is 2. The molecule has 0 amide bonds. The Hall–Kier alpha value is -2.29. The van der Waals surface area contributed by atoms with Gasteiger partial charge in [0.15, 0.2) is 0 Å². The number of aryl methyl sites for hydroxylation is 1. The van der Waals surface area contributed by atoms with Crippen molar-refractivity contribution in [2.45, 2.75) is 31.2 Å². The van der Waals surface area contributed by atoms with Gasteiger partial charge in [-0.3, -0.25) is 15.0 Å². The number of nitrogens with one attached hydrogen (secondary N) is 1. The molecule has 0 bridgehead atoms. The molecule has 0 fully saturated rings.